The highest BCUT2D eigenvalue weighted by Crippen LogP contribution is 2.32. The van der Waals surface area contributed by atoms with E-state index < -0.39 is 24.0 Å². The van der Waals surface area contributed by atoms with Gasteiger partial charge in [-0.25, -0.2) is 4.79 Å². The van der Waals surface area contributed by atoms with Gasteiger partial charge >= 0.3 is 18.2 Å². The van der Waals surface area contributed by atoms with E-state index in [1.54, 1.807) is 0 Å². The maximum atomic E-state index is 12.0. The molecule has 0 saturated carbocycles. The molecule has 9 heteroatoms. The first-order valence-corrected chi connectivity index (χ1v) is 6.05. The van der Waals surface area contributed by atoms with Crippen LogP contribution in [0.5, 0.6) is 5.75 Å². The molecule has 0 radical (unpaired) electrons. The van der Waals surface area contributed by atoms with Crippen LogP contribution in [0.4, 0.5) is 18.9 Å². The molecular weight excluding hydrogens is 347 g/mol. The second kappa shape index (κ2) is 6.60. The molecule has 0 spiro atoms. The highest BCUT2D eigenvalue weighted by molar-refractivity contribution is 9.10. The van der Waals surface area contributed by atoms with E-state index in [1.165, 1.54) is 6.92 Å². The van der Waals surface area contributed by atoms with Gasteiger partial charge in [-0.2, -0.15) is 0 Å². The molecule has 0 unspecified atom stereocenters. The molecule has 0 bridgehead atoms. The summed E-state index contributed by atoms with van der Waals surface area (Å²) >= 11 is 2.87. The zero-order chi connectivity index (χ0) is 15.3. The van der Waals surface area contributed by atoms with Gasteiger partial charge in [0.1, 0.15) is 5.75 Å². The Hall–Kier alpha value is -1.77. The lowest BCUT2D eigenvalue weighted by Crippen LogP contribution is -2.25. The summed E-state index contributed by atoms with van der Waals surface area (Å²) in [6.45, 7) is 1.57. The van der Waals surface area contributed by atoms with Crippen LogP contribution in [-0.4, -0.2) is 24.8 Å². The van der Waals surface area contributed by atoms with Crippen molar-refractivity contribution in [3.63, 3.8) is 0 Å². The fourth-order valence-corrected chi connectivity index (χ4v) is 1.62. The molecule has 0 aliphatic heterocycles. The smallest absolute Gasteiger partial charge is 0.459 e. The zero-order valence-corrected chi connectivity index (χ0v) is 11.7. The number of rotatable bonds is 3. The van der Waals surface area contributed by atoms with Crippen molar-refractivity contribution in [2.45, 2.75) is 13.3 Å². The number of anilines is 1. The average Bonchev–Trinajstić information content (AvgIpc) is 2.31. The zero-order valence-electron chi connectivity index (χ0n) is 10.1. The highest BCUT2D eigenvalue weighted by atomic mass is 79.9. The molecule has 0 heterocycles. The number of benzene rings is 1. The quantitative estimate of drug-likeness (QED) is 0.668. The first kappa shape index (κ1) is 16.3. The molecule has 0 fully saturated rings. The molecule has 0 aliphatic rings. The molecule has 1 N–H and O–H groups in total. The number of amides is 1. The van der Waals surface area contributed by atoms with Gasteiger partial charge in [-0.1, -0.05) is 0 Å². The number of nitrogens with one attached hydrogen (secondary N) is 1. The summed E-state index contributed by atoms with van der Waals surface area (Å²) in [6, 6.07) is 3.32. The number of carbonyl (C=O) groups is 2. The van der Waals surface area contributed by atoms with Crippen LogP contribution in [-0.2, 0) is 14.3 Å². The Morgan fingerprint density at radius 2 is 2.00 bits per heavy atom. The van der Waals surface area contributed by atoms with Crippen LogP contribution in [0.3, 0.4) is 0 Å². The molecule has 0 atom stereocenters. The Kier molecular flexibility index (Phi) is 5.37. The molecule has 0 aromatic heterocycles. The van der Waals surface area contributed by atoms with E-state index in [1.807, 2.05) is 0 Å². The van der Waals surface area contributed by atoms with E-state index in [0.717, 1.165) is 18.2 Å². The van der Waals surface area contributed by atoms with E-state index in [2.05, 4.69) is 30.7 Å². The third-order valence-corrected chi connectivity index (χ3v) is 2.50. The largest absolute Gasteiger partial charge is 0.573 e. The minimum Gasteiger partial charge on any atom is -0.459 e. The molecule has 110 valence electrons. The number of alkyl halides is 3. The van der Waals surface area contributed by atoms with Gasteiger partial charge in [0, 0.05) is 5.69 Å². The average molecular weight is 356 g/mol. The fraction of sp³-hybridized carbons (Fsp3) is 0.273. The van der Waals surface area contributed by atoms with Crippen molar-refractivity contribution < 1.29 is 32.2 Å². The molecule has 0 aliphatic carbocycles. The van der Waals surface area contributed by atoms with Gasteiger partial charge in [0.25, 0.3) is 0 Å². The Labute approximate surface area is 120 Å². The van der Waals surface area contributed by atoms with Crippen LogP contribution in [0.1, 0.15) is 6.92 Å². The lowest BCUT2D eigenvalue weighted by molar-refractivity contribution is -0.274. The molecule has 1 aromatic rings. The third-order valence-electron chi connectivity index (χ3n) is 1.88. The third kappa shape index (κ3) is 5.08. The summed E-state index contributed by atoms with van der Waals surface area (Å²) in [4.78, 5) is 22.4. The summed E-state index contributed by atoms with van der Waals surface area (Å²) in [5.41, 5.74) is 0.115. The van der Waals surface area contributed by atoms with Crippen LogP contribution in [0.2, 0.25) is 0 Å². The molecule has 5 nitrogen and oxygen atoms in total. The van der Waals surface area contributed by atoms with Crippen LogP contribution in [0.25, 0.3) is 0 Å². The van der Waals surface area contributed by atoms with Crippen molar-refractivity contribution in [2.24, 2.45) is 0 Å². The molecule has 0 saturated heterocycles. The Bertz CT molecular complexity index is 519. The number of hydrogen-bond donors (Lipinski definition) is 1. The second-order valence-electron chi connectivity index (χ2n) is 3.37. The van der Waals surface area contributed by atoms with E-state index in [4.69, 9.17) is 0 Å². The second-order valence-corrected chi connectivity index (χ2v) is 4.22. The Morgan fingerprint density at radius 1 is 1.35 bits per heavy atom. The minimum absolute atomic E-state index is 0.0310. The molecule has 1 amide bonds. The summed E-state index contributed by atoms with van der Waals surface area (Å²) < 4.78 is 44.3. The van der Waals surface area contributed by atoms with Gasteiger partial charge in [0.15, 0.2) is 0 Å². The van der Waals surface area contributed by atoms with Crippen LogP contribution >= 0.6 is 15.9 Å². The van der Waals surface area contributed by atoms with Gasteiger partial charge in [-0.3, -0.25) is 4.79 Å². The van der Waals surface area contributed by atoms with Gasteiger partial charge < -0.3 is 14.8 Å². The van der Waals surface area contributed by atoms with E-state index in [9.17, 15) is 22.8 Å². The van der Waals surface area contributed by atoms with E-state index in [0.29, 0.717) is 0 Å². The summed E-state index contributed by atoms with van der Waals surface area (Å²) in [7, 11) is 0. The maximum absolute atomic E-state index is 12.0. The minimum atomic E-state index is -4.82. The lowest BCUT2D eigenvalue weighted by Gasteiger charge is -2.11. The Morgan fingerprint density at radius 3 is 2.50 bits per heavy atom. The fourth-order valence-electron chi connectivity index (χ4n) is 1.16. The predicted octanol–water partition coefficient (Wildman–Crippen LogP) is 2.85. The van der Waals surface area contributed by atoms with Crippen molar-refractivity contribution in [3.05, 3.63) is 22.7 Å². The van der Waals surface area contributed by atoms with Crippen molar-refractivity contribution in [3.8, 4) is 5.75 Å². The number of halogens is 4. The summed E-state index contributed by atoms with van der Waals surface area (Å²) in [5, 5.41) is 2.18. The van der Waals surface area contributed by atoms with Crippen LogP contribution < -0.4 is 10.1 Å². The van der Waals surface area contributed by atoms with Gasteiger partial charge in [0.2, 0.25) is 0 Å². The topological polar surface area (TPSA) is 64.6 Å². The van der Waals surface area contributed by atoms with Gasteiger partial charge in [0.05, 0.1) is 11.1 Å². The summed E-state index contributed by atoms with van der Waals surface area (Å²) in [5.74, 6) is -2.57. The SMILES string of the molecule is CCOC(=O)C(=O)Nc1ccc(OC(F)(F)F)c(Br)c1. The predicted molar refractivity (Wildman–Crippen MR) is 66.1 cm³/mol. The van der Waals surface area contributed by atoms with Crippen LogP contribution in [0, 0.1) is 0 Å². The molecule has 1 aromatic carbocycles. The van der Waals surface area contributed by atoms with E-state index >= 15 is 0 Å². The lowest BCUT2D eigenvalue weighted by atomic mass is 10.3. The van der Waals surface area contributed by atoms with Crippen molar-refractivity contribution >= 4 is 33.5 Å². The van der Waals surface area contributed by atoms with Crippen molar-refractivity contribution in [1.82, 2.24) is 0 Å². The molecule has 20 heavy (non-hydrogen) atoms. The Balaban J connectivity index is 2.78. The van der Waals surface area contributed by atoms with E-state index in [-0.39, 0.29) is 16.8 Å². The first-order chi connectivity index (χ1) is 9.23. The summed E-state index contributed by atoms with van der Waals surface area (Å²) in [6.07, 6.45) is -4.82. The van der Waals surface area contributed by atoms with Crippen molar-refractivity contribution in [2.75, 3.05) is 11.9 Å². The first-order valence-electron chi connectivity index (χ1n) is 5.26. The number of hydrogen-bond acceptors (Lipinski definition) is 4. The monoisotopic (exact) mass is 355 g/mol. The molecule has 1 rings (SSSR count). The molecular formula is C11H9BrF3NO4. The van der Waals surface area contributed by atoms with Crippen LogP contribution in [0.15, 0.2) is 22.7 Å². The maximum Gasteiger partial charge on any atom is 0.573 e. The standard InChI is InChI=1S/C11H9BrF3NO4/c1-2-19-10(18)9(17)16-6-3-4-8(7(12)5-6)20-11(13,14)15/h3-5H,2H2,1H3,(H,16,17). The normalized spacial score (nSPS) is 10.8. The number of ether oxygens (including phenoxy) is 2. The number of esters is 1. The highest BCUT2D eigenvalue weighted by Gasteiger charge is 2.32. The van der Waals surface area contributed by atoms with Gasteiger partial charge in [-0.05, 0) is 41.1 Å². The number of carbonyl (C=O) groups excluding carboxylic acids is 2. The van der Waals surface area contributed by atoms with Crippen molar-refractivity contribution in [1.29, 1.82) is 0 Å². The van der Waals surface area contributed by atoms with Gasteiger partial charge in [-0.15, -0.1) is 13.2 Å².